The van der Waals surface area contributed by atoms with Crippen molar-refractivity contribution in [3.05, 3.63) is 42.1 Å². The second-order valence-electron chi connectivity index (χ2n) is 3.92. The van der Waals surface area contributed by atoms with Crippen LogP contribution in [0.25, 0.3) is 10.9 Å². The van der Waals surface area contributed by atoms with E-state index in [4.69, 9.17) is 0 Å². The molecule has 0 spiro atoms. The molecule has 0 fully saturated rings. The van der Waals surface area contributed by atoms with Gasteiger partial charge in [0.2, 0.25) is 0 Å². The Morgan fingerprint density at radius 1 is 1.33 bits per heavy atom. The van der Waals surface area contributed by atoms with Crippen molar-refractivity contribution in [3.63, 3.8) is 0 Å². The minimum atomic E-state index is -0.227. The first-order valence-corrected chi connectivity index (χ1v) is 5.27. The fourth-order valence-electron chi connectivity index (χ4n) is 1.66. The molecule has 0 saturated carbocycles. The van der Waals surface area contributed by atoms with Gasteiger partial charge in [0, 0.05) is 11.6 Å². The molecule has 0 radical (unpaired) electrons. The second-order valence-corrected chi connectivity index (χ2v) is 3.92. The van der Waals surface area contributed by atoms with E-state index in [0.717, 1.165) is 18.4 Å². The molecule has 1 heterocycles. The van der Waals surface area contributed by atoms with Gasteiger partial charge in [0.1, 0.15) is 0 Å². The molecule has 1 N–H and O–H groups in total. The van der Waals surface area contributed by atoms with Gasteiger partial charge in [-0.1, -0.05) is 12.1 Å². The first-order valence-electron chi connectivity index (χ1n) is 5.27. The molecule has 1 aromatic heterocycles. The average Bonchev–Trinajstić information content (AvgIpc) is 2.26. The van der Waals surface area contributed by atoms with E-state index in [1.165, 1.54) is 10.9 Å². The van der Waals surface area contributed by atoms with Crippen LogP contribution < -0.4 is 0 Å². The van der Waals surface area contributed by atoms with E-state index in [0.29, 0.717) is 0 Å². The molecule has 78 valence electrons. The Labute approximate surface area is 89.6 Å². The highest BCUT2D eigenvalue weighted by Crippen LogP contribution is 2.14. The molecule has 0 unspecified atom stereocenters. The first-order chi connectivity index (χ1) is 7.25. The van der Waals surface area contributed by atoms with Crippen LogP contribution in [0.3, 0.4) is 0 Å². The van der Waals surface area contributed by atoms with E-state index in [9.17, 15) is 5.11 Å². The quantitative estimate of drug-likeness (QED) is 0.827. The van der Waals surface area contributed by atoms with E-state index in [-0.39, 0.29) is 6.10 Å². The molecular weight excluding hydrogens is 186 g/mol. The van der Waals surface area contributed by atoms with Crippen LogP contribution in [0.15, 0.2) is 36.5 Å². The van der Waals surface area contributed by atoms with Crippen molar-refractivity contribution in [2.24, 2.45) is 0 Å². The molecule has 1 aromatic carbocycles. The van der Waals surface area contributed by atoms with E-state index in [1.54, 1.807) is 6.20 Å². The number of nitrogens with zero attached hydrogens (tertiary/aromatic N) is 1. The minimum Gasteiger partial charge on any atom is -0.393 e. The normalized spacial score (nSPS) is 12.9. The lowest BCUT2D eigenvalue weighted by atomic mass is 10.1. The number of aliphatic hydroxyl groups excluding tert-OH is 1. The Bertz CT molecular complexity index is 451. The molecule has 0 saturated heterocycles. The zero-order valence-corrected chi connectivity index (χ0v) is 8.85. The lowest BCUT2D eigenvalue weighted by Gasteiger charge is -2.05. The van der Waals surface area contributed by atoms with E-state index < -0.39 is 0 Å². The molecule has 0 aliphatic carbocycles. The Morgan fingerprint density at radius 3 is 3.00 bits per heavy atom. The maximum absolute atomic E-state index is 9.21. The number of aromatic nitrogens is 1. The number of benzene rings is 1. The highest BCUT2D eigenvalue weighted by molar-refractivity contribution is 5.78. The van der Waals surface area contributed by atoms with E-state index >= 15 is 0 Å². The highest BCUT2D eigenvalue weighted by Gasteiger charge is 1.99. The third-order valence-electron chi connectivity index (χ3n) is 2.52. The van der Waals surface area contributed by atoms with Crippen molar-refractivity contribution in [3.8, 4) is 0 Å². The predicted molar refractivity (Wildman–Crippen MR) is 61.7 cm³/mol. The number of hydrogen-bond acceptors (Lipinski definition) is 2. The number of hydrogen-bond donors (Lipinski definition) is 1. The van der Waals surface area contributed by atoms with Crippen LogP contribution in [0, 0.1) is 0 Å². The van der Waals surface area contributed by atoms with Crippen molar-refractivity contribution < 1.29 is 5.11 Å². The summed E-state index contributed by atoms with van der Waals surface area (Å²) in [5.41, 5.74) is 2.29. The number of aryl methyl sites for hydroxylation is 1. The van der Waals surface area contributed by atoms with Crippen molar-refractivity contribution in [1.82, 2.24) is 4.98 Å². The summed E-state index contributed by atoms with van der Waals surface area (Å²) >= 11 is 0. The summed E-state index contributed by atoms with van der Waals surface area (Å²) in [5, 5.41) is 10.4. The van der Waals surface area contributed by atoms with Gasteiger partial charge in [0.25, 0.3) is 0 Å². The summed E-state index contributed by atoms with van der Waals surface area (Å²) in [7, 11) is 0. The Morgan fingerprint density at radius 2 is 2.20 bits per heavy atom. The standard InChI is InChI=1S/C13H15NO/c1-10(15)4-5-11-6-7-13-12(9-11)3-2-8-14-13/h2-3,6-10,15H,4-5H2,1H3/t10-/m0/s1. The van der Waals surface area contributed by atoms with E-state index in [2.05, 4.69) is 23.2 Å². The largest absolute Gasteiger partial charge is 0.393 e. The zero-order valence-electron chi connectivity index (χ0n) is 8.85. The third kappa shape index (κ3) is 2.54. The van der Waals surface area contributed by atoms with Crippen LogP contribution in [-0.4, -0.2) is 16.2 Å². The van der Waals surface area contributed by atoms with Gasteiger partial charge in [-0.2, -0.15) is 0 Å². The molecule has 15 heavy (non-hydrogen) atoms. The smallest absolute Gasteiger partial charge is 0.0702 e. The van der Waals surface area contributed by atoms with Crippen LogP contribution in [0.1, 0.15) is 18.9 Å². The molecule has 0 bridgehead atoms. The number of pyridine rings is 1. The second kappa shape index (κ2) is 4.41. The number of aliphatic hydroxyl groups is 1. The average molecular weight is 201 g/mol. The monoisotopic (exact) mass is 201 g/mol. The van der Waals surface area contributed by atoms with Crippen molar-refractivity contribution in [1.29, 1.82) is 0 Å². The Kier molecular flexibility index (Phi) is 2.97. The topological polar surface area (TPSA) is 33.1 Å². The molecule has 2 heteroatoms. The van der Waals surface area contributed by atoms with Crippen molar-refractivity contribution in [2.45, 2.75) is 25.9 Å². The predicted octanol–water partition coefficient (Wildman–Crippen LogP) is 2.55. The summed E-state index contributed by atoms with van der Waals surface area (Å²) in [6.07, 6.45) is 3.31. The fourth-order valence-corrected chi connectivity index (χ4v) is 1.66. The van der Waals surface area contributed by atoms with Gasteiger partial charge in [0.15, 0.2) is 0 Å². The molecule has 0 aliphatic heterocycles. The van der Waals surface area contributed by atoms with Gasteiger partial charge in [-0.15, -0.1) is 0 Å². The summed E-state index contributed by atoms with van der Waals surface area (Å²) in [6, 6.07) is 10.3. The van der Waals surface area contributed by atoms with Crippen LogP contribution in [0.4, 0.5) is 0 Å². The lowest BCUT2D eigenvalue weighted by Crippen LogP contribution is -2.01. The molecule has 2 rings (SSSR count). The third-order valence-corrected chi connectivity index (χ3v) is 2.52. The molecular formula is C13H15NO. The Balaban J connectivity index is 2.23. The molecule has 2 aromatic rings. The van der Waals surface area contributed by atoms with Gasteiger partial charge < -0.3 is 5.11 Å². The molecule has 2 nitrogen and oxygen atoms in total. The van der Waals surface area contributed by atoms with Gasteiger partial charge in [-0.25, -0.2) is 0 Å². The summed E-state index contributed by atoms with van der Waals surface area (Å²) in [4.78, 5) is 4.27. The first kappa shape index (κ1) is 10.1. The SMILES string of the molecule is C[C@H](O)CCc1ccc2ncccc2c1. The Hall–Kier alpha value is -1.41. The number of fused-ring (bicyclic) bond motifs is 1. The van der Waals surface area contributed by atoms with E-state index in [1.807, 2.05) is 19.1 Å². The van der Waals surface area contributed by atoms with Crippen molar-refractivity contribution in [2.75, 3.05) is 0 Å². The number of rotatable bonds is 3. The van der Waals surface area contributed by atoms with Gasteiger partial charge in [-0.3, -0.25) is 4.98 Å². The molecule has 0 amide bonds. The fraction of sp³-hybridized carbons (Fsp3) is 0.308. The summed E-state index contributed by atoms with van der Waals surface area (Å²) < 4.78 is 0. The minimum absolute atomic E-state index is 0.227. The van der Waals surface area contributed by atoms with Gasteiger partial charge in [0.05, 0.1) is 11.6 Å². The maximum atomic E-state index is 9.21. The van der Waals surface area contributed by atoms with Gasteiger partial charge >= 0.3 is 0 Å². The lowest BCUT2D eigenvalue weighted by molar-refractivity contribution is 0.185. The van der Waals surface area contributed by atoms with Crippen LogP contribution >= 0.6 is 0 Å². The summed E-state index contributed by atoms with van der Waals surface area (Å²) in [5.74, 6) is 0. The zero-order chi connectivity index (χ0) is 10.7. The van der Waals surface area contributed by atoms with Gasteiger partial charge in [-0.05, 0) is 43.5 Å². The molecule has 0 aliphatic rings. The van der Waals surface area contributed by atoms with Crippen molar-refractivity contribution >= 4 is 10.9 Å². The van der Waals surface area contributed by atoms with Crippen LogP contribution in [0.2, 0.25) is 0 Å². The van der Waals surface area contributed by atoms with Crippen LogP contribution in [0.5, 0.6) is 0 Å². The molecule has 1 atom stereocenters. The van der Waals surface area contributed by atoms with Crippen LogP contribution in [-0.2, 0) is 6.42 Å². The maximum Gasteiger partial charge on any atom is 0.0702 e. The highest BCUT2D eigenvalue weighted by atomic mass is 16.3. The summed E-state index contributed by atoms with van der Waals surface area (Å²) in [6.45, 7) is 1.82.